The van der Waals surface area contributed by atoms with Crippen molar-refractivity contribution in [2.75, 3.05) is 7.05 Å². The summed E-state index contributed by atoms with van der Waals surface area (Å²) in [5, 5.41) is 0.389. The molecule has 24 heavy (non-hydrogen) atoms. The maximum atomic E-state index is 12.5. The predicted octanol–water partition coefficient (Wildman–Crippen LogP) is 4.29. The van der Waals surface area contributed by atoms with Gasteiger partial charge in [0.25, 0.3) is 0 Å². The lowest BCUT2D eigenvalue weighted by Gasteiger charge is -2.21. The topological polar surface area (TPSA) is 37.4 Å². The van der Waals surface area contributed by atoms with Gasteiger partial charge >= 0.3 is 0 Å². The second-order valence-electron chi connectivity index (χ2n) is 5.58. The minimum atomic E-state index is -1.36. The average Bonchev–Trinajstić information content (AvgIpc) is 2.56. The van der Waals surface area contributed by atoms with Gasteiger partial charge in [0, 0.05) is 34.4 Å². The van der Waals surface area contributed by atoms with Gasteiger partial charge in [0.05, 0.1) is 5.75 Å². The first kappa shape index (κ1) is 19.0. The highest BCUT2D eigenvalue weighted by Gasteiger charge is 2.24. The second kappa shape index (κ2) is 8.65. The van der Waals surface area contributed by atoms with Gasteiger partial charge in [-0.3, -0.25) is 9.00 Å². The zero-order valence-electron chi connectivity index (χ0n) is 13.5. The van der Waals surface area contributed by atoms with Crippen molar-refractivity contribution in [1.29, 1.82) is 0 Å². The normalized spacial score (nSPS) is 13.3. The van der Waals surface area contributed by atoms with E-state index in [-0.39, 0.29) is 11.7 Å². The number of nitrogens with zero attached hydrogens (tertiary/aromatic N) is 1. The SMILES string of the molecule is CC(C(=O)N(C)Cc1ccccc1)S(=O)Cc1ccc(Cl)cc1Cl. The average molecular weight is 384 g/mol. The summed E-state index contributed by atoms with van der Waals surface area (Å²) in [5.41, 5.74) is 1.76. The van der Waals surface area contributed by atoms with Crippen LogP contribution in [0.5, 0.6) is 0 Å². The number of amides is 1. The maximum absolute atomic E-state index is 12.5. The molecule has 0 bridgehead atoms. The van der Waals surface area contributed by atoms with E-state index in [9.17, 15) is 9.00 Å². The zero-order valence-corrected chi connectivity index (χ0v) is 15.9. The Balaban J connectivity index is 2.00. The fourth-order valence-electron chi connectivity index (χ4n) is 2.28. The molecule has 128 valence electrons. The van der Waals surface area contributed by atoms with Gasteiger partial charge in [-0.05, 0) is 30.2 Å². The molecule has 0 saturated carbocycles. The Morgan fingerprint density at radius 1 is 1.17 bits per heavy atom. The summed E-state index contributed by atoms with van der Waals surface area (Å²) in [5.74, 6) is 0.0736. The van der Waals surface area contributed by atoms with Gasteiger partial charge in [-0.2, -0.15) is 0 Å². The second-order valence-corrected chi connectivity index (χ2v) is 8.18. The van der Waals surface area contributed by atoms with E-state index in [4.69, 9.17) is 23.2 Å². The standard InChI is InChI=1S/C18H19Cl2NO2S/c1-13(18(22)21(2)11-14-6-4-3-5-7-14)24(23)12-15-8-9-16(19)10-17(15)20/h3-10,13H,11-12H2,1-2H3. The Kier molecular flexibility index (Phi) is 6.84. The summed E-state index contributed by atoms with van der Waals surface area (Å²) < 4.78 is 12.5. The van der Waals surface area contributed by atoms with Crippen molar-refractivity contribution < 1.29 is 9.00 Å². The summed E-state index contributed by atoms with van der Waals surface area (Å²) in [6.45, 7) is 2.17. The monoisotopic (exact) mass is 383 g/mol. The third-order valence-electron chi connectivity index (χ3n) is 3.69. The summed E-state index contributed by atoms with van der Waals surface area (Å²) in [7, 11) is 0.360. The molecule has 0 aliphatic rings. The zero-order chi connectivity index (χ0) is 17.7. The number of benzene rings is 2. The van der Waals surface area contributed by atoms with E-state index < -0.39 is 16.0 Å². The molecule has 0 N–H and O–H groups in total. The summed E-state index contributed by atoms with van der Waals surface area (Å²) in [6.07, 6.45) is 0. The molecule has 2 aromatic carbocycles. The molecule has 0 aliphatic carbocycles. The Morgan fingerprint density at radius 2 is 1.83 bits per heavy atom. The Labute approximate surface area is 155 Å². The number of carbonyl (C=O) groups is 1. The van der Waals surface area contributed by atoms with Gasteiger partial charge < -0.3 is 4.90 Å². The largest absolute Gasteiger partial charge is 0.340 e. The molecule has 0 fully saturated rings. The van der Waals surface area contributed by atoms with Crippen molar-refractivity contribution in [3.63, 3.8) is 0 Å². The van der Waals surface area contributed by atoms with E-state index in [1.807, 2.05) is 30.3 Å². The van der Waals surface area contributed by atoms with Crippen molar-refractivity contribution >= 4 is 39.9 Å². The predicted molar refractivity (Wildman–Crippen MR) is 101 cm³/mol. The molecule has 2 rings (SSSR count). The Bertz CT molecular complexity index is 737. The van der Waals surface area contributed by atoms with Crippen LogP contribution in [0.2, 0.25) is 10.0 Å². The number of rotatable bonds is 6. The van der Waals surface area contributed by atoms with Crippen LogP contribution in [0.1, 0.15) is 18.1 Å². The van der Waals surface area contributed by atoms with Crippen LogP contribution < -0.4 is 0 Å². The van der Waals surface area contributed by atoms with E-state index in [0.29, 0.717) is 16.6 Å². The van der Waals surface area contributed by atoms with Crippen LogP contribution >= 0.6 is 23.2 Å². The number of hydrogen-bond donors (Lipinski definition) is 0. The summed E-state index contributed by atoms with van der Waals surface area (Å²) >= 11 is 12.0. The van der Waals surface area contributed by atoms with Gasteiger partial charge in [0.2, 0.25) is 5.91 Å². The lowest BCUT2D eigenvalue weighted by molar-refractivity contribution is -0.129. The number of hydrogen-bond acceptors (Lipinski definition) is 2. The molecule has 2 unspecified atom stereocenters. The maximum Gasteiger partial charge on any atom is 0.238 e. The lowest BCUT2D eigenvalue weighted by Crippen LogP contribution is -2.37. The third-order valence-corrected chi connectivity index (χ3v) is 5.87. The minimum Gasteiger partial charge on any atom is -0.340 e. The minimum absolute atomic E-state index is 0.151. The first-order chi connectivity index (χ1) is 11.4. The molecule has 0 spiro atoms. The van der Waals surface area contributed by atoms with E-state index in [2.05, 4.69) is 0 Å². The molecule has 0 aliphatic heterocycles. The molecule has 2 aromatic rings. The summed E-state index contributed by atoms with van der Waals surface area (Å²) in [4.78, 5) is 14.1. The van der Waals surface area contributed by atoms with Crippen LogP contribution in [-0.2, 0) is 27.9 Å². The smallest absolute Gasteiger partial charge is 0.238 e. The van der Waals surface area contributed by atoms with Crippen LogP contribution in [-0.4, -0.2) is 27.3 Å². The third kappa shape index (κ3) is 5.07. The van der Waals surface area contributed by atoms with E-state index in [1.54, 1.807) is 37.1 Å². The first-order valence-electron chi connectivity index (χ1n) is 7.48. The van der Waals surface area contributed by atoms with Gasteiger partial charge in [-0.1, -0.05) is 59.6 Å². The van der Waals surface area contributed by atoms with Crippen molar-refractivity contribution in [3.05, 3.63) is 69.7 Å². The number of carbonyl (C=O) groups excluding carboxylic acids is 1. The molecule has 6 heteroatoms. The van der Waals surface area contributed by atoms with Crippen molar-refractivity contribution in [1.82, 2.24) is 4.90 Å². The molecule has 0 heterocycles. The van der Waals surface area contributed by atoms with Crippen molar-refractivity contribution in [2.24, 2.45) is 0 Å². The molecular formula is C18H19Cl2NO2S. The number of halogens is 2. The highest BCUT2D eigenvalue weighted by molar-refractivity contribution is 7.85. The lowest BCUT2D eigenvalue weighted by atomic mass is 10.2. The van der Waals surface area contributed by atoms with Crippen LogP contribution in [0.4, 0.5) is 0 Å². The van der Waals surface area contributed by atoms with Crippen LogP contribution in [0.25, 0.3) is 0 Å². The van der Waals surface area contributed by atoms with Crippen LogP contribution in [0.3, 0.4) is 0 Å². The molecule has 0 aromatic heterocycles. The quantitative estimate of drug-likeness (QED) is 0.745. The van der Waals surface area contributed by atoms with Crippen LogP contribution in [0, 0.1) is 0 Å². The molecular weight excluding hydrogens is 365 g/mol. The Morgan fingerprint density at radius 3 is 2.46 bits per heavy atom. The van der Waals surface area contributed by atoms with Gasteiger partial charge in [0.1, 0.15) is 5.25 Å². The fraction of sp³-hybridized carbons (Fsp3) is 0.278. The molecule has 2 atom stereocenters. The first-order valence-corrected chi connectivity index (χ1v) is 9.62. The van der Waals surface area contributed by atoms with Gasteiger partial charge in [-0.15, -0.1) is 0 Å². The van der Waals surface area contributed by atoms with Gasteiger partial charge in [-0.25, -0.2) is 0 Å². The van der Waals surface area contributed by atoms with Crippen molar-refractivity contribution in [3.8, 4) is 0 Å². The van der Waals surface area contributed by atoms with E-state index in [0.717, 1.165) is 11.1 Å². The summed E-state index contributed by atoms with van der Waals surface area (Å²) in [6, 6.07) is 14.8. The molecule has 0 radical (unpaired) electrons. The molecule has 1 amide bonds. The van der Waals surface area contributed by atoms with Crippen LogP contribution in [0.15, 0.2) is 48.5 Å². The highest BCUT2D eigenvalue weighted by Crippen LogP contribution is 2.23. The highest BCUT2D eigenvalue weighted by atomic mass is 35.5. The van der Waals surface area contributed by atoms with Crippen molar-refractivity contribution in [2.45, 2.75) is 24.5 Å². The van der Waals surface area contributed by atoms with Gasteiger partial charge in [0.15, 0.2) is 0 Å². The fourth-order valence-corrected chi connectivity index (χ4v) is 4.04. The molecule has 3 nitrogen and oxygen atoms in total. The van der Waals surface area contributed by atoms with E-state index in [1.165, 1.54) is 0 Å². The Hall–Kier alpha value is -1.36. The molecule has 0 saturated heterocycles. The van der Waals surface area contributed by atoms with E-state index >= 15 is 0 Å².